The summed E-state index contributed by atoms with van der Waals surface area (Å²) in [7, 11) is 0. The van der Waals surface area contributed by atoms with Crippen molar-refractivity contribution in [3.63, 3.8) is 0 Å². The normalized spacial score (nSPS) is 14.0. The third kappa shape index (κ3) is 4.10. The van der Waals surface area contributed by atoms with Gasteiger partial charge in [0.1, 0.15) is 0 Å². The quantitative estimate of drug-likeness (QED) is 0.513. The van der Waals surface area contributed by atoms with Crippen LogP contribution in [0.3, 0.4) is 0 Å². The number of benzene rings is 2. The summed E-state index contributed by atoms with van der Waals surface area (Å²) in [5.41, 5.74) is 6.18. The van der Waals surface area contributed by atoms with Crippen LogP contribution >= 0.6 is 11.6 Å². The van der Waals surface area contributed by atoms with Crippen molar-refractivity contribution in [1.29, 1.82) is 0 Å². The minimum atomic E-state index is -0.228. The van der Waals surface area contributed by atoms with E-state index in [4.69, 9.17) is 11.6 Å². The van der Waals surface area contributed by atoms with E-state index in [0.29, 0.717) is 10.6 Å². The summed E-state index contributed by atoms with van der Waals surface area (Å²) in [6, 6.07) is 19.1. The summed E-state index contributed by atoms with van der Waals surface area (Å²) in [6.07, 6.45) is 6.03. The Morgan fingerprint density at radius 1 is 0.964 bits per heavy atom. The molecule has 0 unspecified atom stereocenters. The molecule has 1 N–H and O–H groups in total. The van der Waals surface area contributed by atoms with E-state index in [2.05, 4.69) is 15.4 Å². The molecule has 28 heavy (non-hydrogen) atoms. The highest BCUT2D eigenvalue weighted by Crippen LogP contribution is 2.20. The van der Waals surface area contributed by atoms with Gasteiger partial charge in [-0.15, -0.1) is 0 Å². The monoisotopic (exact) mass is 392 g/mol. The van der Waals surface area contributed by atoms with Crippen molar-refractivity contribution in [2.45, 2.75) is 12.8 Å². The van der Waals surface area contributed by atoms with E-state index in [1.807, 2.05) is 71.4 Å². The standard InChI is InChI=1S/C22H21ClN4O/c23-18-7-11-20(12-8-18)27-15-3-4-21(27)16-24-25-22(28)17-5-9-19(10-6-17)26-13-1-2-14-26/h3-12,15-16H,1-2,13-14H2,(H,25,28)/b24-16-. The minimum absolute atomic E-state index is 0.228. The Bertz CT molecular complexity index is 971. The molecule has 142 valence electrons. The highest BCUT2D eigenvalue weighted by molar-refractivity contribution is 6.30. The summed E-state index contributed by atoms with van der Waals surface area (Å²) in [5, 5.41) is 4.80. The second-order valence-electron chi connectivity index (χ2n) is 6.72. The molecule has 6 heteroatoms. The average molecular weight is 393 g/mol. The fourth-order valence-corrected chi connectivity index (χ4v) is 3.48. The average Bonchev–Trinajstić information content (AvgIpc) is 3.41. The lowest BCUT2D eigenvalue weighted by Gasteiger charge is -2.17. The number of amides is 1. The molecule has 2 heterocycles. The van der Waals surface area contributed by atoms with Gasteiger partial charge in [-0.1, -0.05) is 11.6 Å². The Morgan fingerprint density at radius 3 is 2.36 bits per heavy atom. The molecule has 0 saturated carbocycles. The fourth-order valence-electron chi connectivity index (χ4n) is 3.36. The molecule has 1 saturated heterocycles. The van der Waals surface area contributed by atoms with Crippen LogP contribution in [-0.2, 0) is 0 Å². The second-order valence-corrected chi connectivity index (χ2v) is 7.16. The van der Waals surface area contributed by atoms with Crippen molar-refractivity contribution >= 4 is 29.4 Å². The van der Waals surface area contributed by atoms with Crippen molar-refractivity contribution < 1.29 is 4.79 Å². The zero-order valence-electron chi connectivity index (χ0n) is 15.4. The number of hydrazone groups is 1. The van der Waals surface area contributed by atoms with Crippen LogP contribution in [-0.4, -0.2) is 29.8 Å². The third-order valence-corrected chi connectivity index (χ3v) is 5.10. The molecule has 0 aliphatic carbocycles. The molecule has 5 nitrogen and oxygen atoms in total. The van der Waals surface area contributed by atoms with Crippen LogP contribution < -0.4 is 10.3 Å². The SMILES string of the molecule is O=C(N/N=C\c1cccn1-c1ccc(Cl)cc1)c1ccc(N2CCCC2)cc1. The number of nitrogens with one attached hydrogen (secondary N) is 1. The molecule has 1 aliphatic rings. The van der Waals surface area contributed by atoms with E-state index in [1.165, 1.54) is 18.5 Å². The number of nitrogens with zero attached hydrogens (tertiary/aromatic N) is 3. The Labute approximate surface area is 169 Å². The van der Waals surface area contributed by atoms with Crippen molar-refractivity contribution in [3.8, 4) is 5.69 Å². The largest absolute Gasteiger partial charge is 0.372 e. The molecular weight excluding hydrogens is 372 g/mol. The van der Waals surface area contributed by atoms with Gasteiger partial charge < -0.3 is 9.47 Å². The maximum Gasteiger partial charge on any atom is 0.271 e. The number of carbonyl (C=O) groups excluding carboxylic acids is 1. The first-order valence-corrected chi connectivity index (χ1v) is 9.70. The molecular formula is C22H21ClN4O. The van der Waals surface area contributed by atoms with Crippen molar-refractivity contribution in [3.05, 3.63) is 83.1 Å². The topological polar surface area (TPSA) is 49.6 Å². The molecule has 1 aliphatic heterocycles. The van der Waals surface area contributed by atoms with Crippen LogP contribution in [0.2, 0.25) is 5.02 Å². The number of hydrogen-bond donors (Lipinski definition) is 1. The highest BCUT2D eigenvalue weighted by Gasteiger charge is 2.13. The van der Waals surface area contributed by atoms with E-state index in [0.717, 1.165) is 24.5 Å². The maximum absolute atomic E-state index is 12.3. The predicted octanol–water partition coefficient (Wildman–Crippen LogP) is 4.49. The lowest BCUT2D eigenvalue weighted by atomic mass is 10.2. The lowest BCUT2D eigenvalue weighted by molar-refractivity contribution is 0.0955. The number of anilines is 1. The van der Waals surface area contributed by atoms with Gasteiger partial charge >= 0.3 is 0 Å². The summed E-state index contributed by atoms with van der Waals surface area (Å²) in [6.45, 7) is 2.17. The molecule has 2 aromatic carbocycles. The minimum Gasteiger partial charge on any atom is -0.372 e. The molecule has 0 atom stereocenters. The molecule has 0 radical (unpaired) electrons. The summed E-state index contributed by atoms with van der Waals surface area (Å²) >= 11 is 5.95. The molecule has 1 amide bonds. The molecule has 3 aromatic rings. The van der Waals surface area contributed by atoms with Gasteiger partial charge in [0.15, 0.2) is 0 Å². The van der Waals surface area contributed by atoms with E-state index in [1.54, 1.807) is 6.21 Å². The van der Waals surface area contributed by atoms with E-state index in [-0.39, 0.29) is 5.91 Å². The molecule has 1 fully saturated rings. The first kappa shape index (κ1) is 18.3. The molecule has 4 rings (SSSR count). The van der Waals surface area contributed by atoms with Gasteiger partial charge in [-0.3, -0.25) is 4.79 Å². The van der Waals surface area contributed by atoms with Gasteiger partial charge in [-0.2, -0.15) is 5.10 Å². The van der Waals surface area contributed by atoms with Crippen LogP contribution in [0.4, 0.5) is 5.69 Å². The second kappa shape index (κ2) is 8.31. The fraction of sp³-hybridized carbons (Fsp3) is 0.182. The lowest BCUT2D eigenvalue weighted by Crippen LogP contribution is -2.19. The first-order valence-electron chi connectivity index (χ1n) is 9.32. The van der Waals surface area contributed by atoms with Gasteiger partial charge in [0, 0.05) is 41.2 Å². The summed E-state index contributed by atoms with van der Waals surface area (Å²) in [5.74, 6) is -0.228. The van der Waals surface area contributed by atoms with Crippen molar-refractivity contribution in [1.82, 2.24) is 9.99 Å². The molecule has 1 aromatic heterocycles. The van der Waals surface area contributed by atoms with Gasteiger partial charge in [0.2, 0.25) is 0 Å². The van der Waals surface area contributed by atoms with Crippen LogP contribution in [0.5, 0.6) is 0 Å². The Hall–Kier alpha value is -3.05. The van der Waals surface area contributed by atoms with Crippen LogP contribution in [0.15, 0.2) is 72.0 Å². The number of aromatic nitrogens is 1. The Balaban J connectivity index is 1.40. The summed E-state index contributed by atoms with van der Waals surface area (Å²) < 4.78 is 1.97. The smallest absolute Gasteiger partial charge is 0.271 e. The zero-order valence-corrected chi connectivity index (χ0v) is 16.1. The van der Waals surface area contributed by atoms with E-state index in [9.17, 15) is 4.79 Å². The van der Waals surface area contributed by atoms with Crippen LogP contribution in [0.1, 0.15) is 28.9 Å². The molecule has 0 bridgehead atoms. The third-order valence-electron chi connectivity index (χ3n) is 4.85. The van der Waals surface area contributed by atoms with Gasteiger partial charge in [-0.05, 0) is 73.5 Å². The zero-order chi connectivity index (χ0) is 19.3. The summed E-state index contributed by atoms with van der Waals surface area (Å²) in [4.78, 5) is 14.7. The first-order chi connectivity index (χ1) is 13.7. The van der Waals surface area contributed by atoms with Gasteiger partial charge in [0.05, 0.1) is 11.9 Å². The number of rotatable bonds is 5. The van der Waals surface area contributed by atoms with E-state index < -0.39 is 0 Å². The maximum atomic E-state index is 12.3. The highest BCUT2D eigenvalue weighted by atomic mass is 35.5. The van der Waals surface area contributed by atoms with Crippen molar-refractivity contribution in [2.75, 3.05) is 18.0 Å². The van der Waals surface area contributed by atoms with Crippen molar-refractivity contribution in [2.24, 2.45) is 5.10 Å². The Morgan fingerprint density at radius 2 is 1.64 bits per heavy atom. The van der Waals surface area contributed by atoms with Gasteiger partial charge in [-0.25, -0.2) is 5.43 Å². The molecule has 0 spiro atoms. The van der Waals surface area contributed by atoms with E-state index >= 15 is 0 Å². The number of hydrogen-bond acceptors (Lipinski definition) is 3. The number of halogens is 1. The van der Waals surface area contributed by atoms with Crippen LogP contribution in [0.25, 0.3) is 5.69 Å². The Kier molecular flexibility index (Phi) is 5.44. The van der Waals surface area contributed by atoms with Crippen LogP contribution in [0, 0.1) is 0 Å². The number of carbonyl (C=O) groups is 1. The predicted molar refractivity (Wildman–Crippen MR) is 114 cm³/mol. The van der Waals surface area contributed by atoms with Gasteiger partial charge in [0.25, 0.3) is 5.91 Å².